The quantitative estimate of drug-likeness (QED) is 0.272. The normalized spacial score (nSPS) is 10.5. The predicted molar refractivity (Wildman–Crippen MR) is 135 cm³/mol. The van der Waals surface area contributed by atoms with Gasteiger partial charge in [0.2, 0.25) is 5.91 Å². The van der Waals surface area contributed by atoms with Crippen LogP contribution in [0.1, 0.15) is 44.6 Å². The summed E-state index contributed by atoms with van der Waals surface area (Å²) in [6.45, 7) is 3.62. The summed E-state index contributed by atoms with van der Waals surface area (Å²) in [5, 5.41) is 6.05. The molecule has 0 aliphatic heterocycles. The summed E-state index contributed by atoms with van der Waals surface area (Å²) in [5.74, 6) is 1.45. The van der Waals surface area contributed by atoms with E-state index >= 15 is 0 Å². The third kappa shape index (κ3) is 9.27. The van der Waals surface area contributed by atoms with E-state index in [-0.39, 0.29) is 12.5 Å². The van der Waals surface area contributed by atoms with E-state index < -0.39 is 0 Å². The average Bonchev–Trinajstić information content (AvgIpc) is 2.85. The zero-order valence-corrected chi connectivity index (χ0v) is 19.4. The molecule has 3 aromatic rings. The van der Waals surface area contributed by atoms with Crippen molar-refractivity contribution in [3.63, 3.8) is 0 Å². The van der Waals surface area contributed by atoms with Crippen molar-refractivity contribution in [2.24, 2.45) is 0 Å². The van der Waals surface area contributed by atoms with Gasteiger partial charge < -0.3 is 20.1 Å². The van der Waals surface area contributed by atoms with Crippen LogP contribution >= 0.6 is 0 Å². The molecule has 0 aliphatic carbocycles. The summed E-state index contributed by atoms with van der Waals surface area (Å²) >= 11 is 0. The van der Waals surface area contributed by atoms with E-state index in [0.717, 1.165) is 30.0 Å². The number of ether oxygens (including phenoxy) is 2. The number of hydrogen-bond donors (Lipinski definition) is 2. The summed E-state index contributed by atoms with van der Waals surface area (Å²) in [5.41, 5.74) is 2.68. The molecule has 0 heterocycles. The smallest absolute Gasteiger partial charge is 0.243 e. The highest BCUT2D eigenvalue weighted by Gasteiger charge is 2.05. The maximum Gasteiger partial charge on any atom is 0.243 e. The molecular weight excluding hydrogens is 412 g/mol. The Morgan fingerprint density at radius 3 is 2.33 bits per heavy atom. The second-order valence-electron chi connectivity index (χ2n) is 7.99. The molecule has 3 rings (SSSR count). The summed E-state index contributed by atoms with van der Waals surface area (Å²) in [4.78, 5) is 12.4. The number of hydrogen-bond acceptors (Lipinski definition) is 4. The number of carbonyl (C=O) groups excluding carboxylic acids is 1. The van der Waals surface area contributed by atoms with Gasteiger partial charge in [0.1, 0.15) is 18.1 Å². The van der Waals surface area contributed by atoms with E-state index in [1.165, 1.54) is 25.7 Å². The van der Waals surface area contributed by atoms with Gasteiger partial charge in [0.05, 0.1) is 13.2 Å². The fourth-order valence-electron chi connectivity index (χ4n) is 3.36. The van der Waals surface area contributed by atoms with Crippen molar-refractivity contribution in [3.8, 4) is 11.5 Å². The maximum absolute atomic E-state index is 12.4. The van der Waals surface area contributed by atoms with Gasteiger partial charge in [-0.3, -0.25) is 4.79 Å². The Morgan fingerprint density at radius 1 is 0.758 bits per heavy atom. The van der Waals surface area contributed by atoms with Gasteiger partial charge in [0, 0.05) is 17.4 Å². The molecule has 0 saturated heterocycles. The van der Waals surface area contributed by atoms with Gasteiger partial charge in [-0.05, 0) is 48.4 Å². The van der Waals surface area contributed by atoms with Crippen LogP contribution in [0.2, 0.25) is 0 Å². The lowest BCUT2D eigenvalue weighted by Gasteiger charge is -2.11. The Bertz CT molecular complexity index is 958. The molecule has 0 aliphatic rings. The summed E-state index contributed by atoms with van der Waals surface area (Å²) < 4.78 is 11.6. The van der Waals surface area contributed by atoms with Crippen LogP contribution in [0, 0.1) is 0 Å². The van der Waals surface area contributed by atoms with Crippen molar-refractivity contribution in [3.05, 3.63) is 84.4 Å². The van der Waals surface area contributed by atoms with Crippen LogP contribution in [0.3, 0.4) is 0 Å². The molecule has 0 radical (unpaired) electrons. The number of nitrogens with one attached hydrogen (secondary N) is 2. The van der Waals surface area contributed by atoms with Crippen LogP contribution in [0.5, 0.6) is 11.5 Å². The van der Waals surface area contributed by atoms with Gasteiger partial charge in [-0.15, -0.1) is 0 Å². The first-order valence-corrected chi connectivity index (χ1v) is 11.8. The van der Waals surface area contributed by atoms with Crippen molar-refractivity contribution < 1.29 is 14.3 Å². The van der Waals surface area contributed by atoms with E-state index in [1.807, 2.05) is 78.9 Å². The molecule has 5 nitrogen and oxygen atoms in total. The van der Waals surface area contributed by atoms with E-state index in [9.17, 15) is 4.79 Å². The first kappa shape index (κ1) is 24.2. The molecule has 0 spiro atoms. The van der Waals surface area contributed by atoms with Gasteiger partial charge in [0.15, 0.2) is 0 Å². The monoisotopic (exact) mass is 446 g/mol. The largest absolute Gasteiger partial charge is 0.494 e. The summed E-state index contributed by atoms with van der Waals surface area (Å²) in [6, 6.07) is 25.1. The molecule has 0 aromatic heterocycles. The third-order valence-corrected chi connectivity index (χ3v) is 5.19. The lowest BCUT2D eigenvalue weighted by Crippen LogP contribution is -2.21. The second-order valence-corrected chi connectivity index (χ2v) is 7.99. The summed E-state index contributed by atoms with van der Waals surface area (Å²) in [7, 11) is 0. The molecule has 0 fully saturated rings. The molecule has 0 atom stereocenters. The van der Waals surface area contributed by atoms with Gasteiger partial charge in [0.25, 0.3) is 0 Å². The topological polar surface area (TPSA) is 59.6 Å². The molecular formula is C28H34N2O3. The van der Waals surface area contributed by atoms with Gasteiger partial charge in [-0.1, -0.05) is 69.0 Å². The molecule has 174 valence electrons. The zero-order valence-electron chi connectivity index (χ0n) is 19.4. The Kier molecular flexibility index (Phi) is 10.1. The lowest BCUT2D eigenvalue weighted by molar-refractivity contribution is -0.114. The van der Waals surface area contributed by atoms with Crippen LogP contribution in [0.25, 0.3) is 0 Å². The van der Waals surface area contributed by atoms with E-state index in [0.29, 0.717) is 18.0 Å². The van der Waals surface area contributed by atoms with Crippen molar-refractivity contribution in [2.45, 2.75) is 45.6 Å². The Hall–Kier alpha value is -3.47. The fraction of sp³-hybridized carbons (Fsp3) is 0.321. The first-order valence-electron chi connectivity index (χ1n) is 11.8. The van der Waals surface area contributed by atoms with Gasteiger partial charge in [-0.25, -0.2) is 0 Å². The third-order valence-electron chi connectivity index (χ3n) is 5.19. The molecule has 33 heavy (non-hydrogen) atoms. The maximum atomic E-state index is 12.4. The summed E-state index contributed by atoms with van der Waals surface area (Å²) in [6.07, 6.45) is 6.11. The van der Waals surface area contributed by atoms with Crippen LogP contribution in [-0.2, 0) is 11.4 Å². The number of amides is 1. The standard InChI is InChI=1S/C28H34N2O3/c1-2-3-4-5-9-19-32-26-17-15-24(16-18-26)29-21-28(31)30-25-13-10-14-27(20-25)33-22-23-11-7-6-8-12-23/h6-8,10-18,20,29H,2-5,9,19,21-22H2,1H3,(H,30,31). The van der Waals surface area contributed by atoms with Crippen LogP contribution in [-0.4, -0.2) is 19.1 Å². The number of rotatable bonds is 14. The van der Waals surface area contributed by atoms with E-state index in [1.54, 1.807) is 0 Å². The Balaban J connectivity index is 1.37. The van der Waals surface area contributed by atoms with Crippen molar-refractivity contribution in [2.75, 3.05) is 23.8 Å². The Labute approximate surface area is 197 Å². The van der Waals surface area contributed by atoms with E-state index in [4.69, 9.17) is 9.47 Å². The molecule has 2 N–H and O–H groups in total. The molecule has 3 aromatic carbocycles. The minimum atomic E-state index is -0.123. The highest BCUT2D eigenvalue weighted by atomic mass is 16.5. The molecule has 0 saturated carbocycles. The minimum Gasteiger partial charge on any atom is -0.494 e. The highest BCUT2D eigenvalue weighted by Crippen LogP contribution is 2.19. The molecule has 0 bridgehead atoms. The van der Waals surface area contributed by atoms with Gasteiger partial charge in [-0.2, -0.15) is 0 Å². The fourth-order valence-corrected chi connectivity index (χ4v) is 3.36. The van der Waals surface area contributed by atoms with Crippen LogP contribution in [0.4, 0.5) is 11.4 Å². The van der Waals surface area contributed by atoms with Crippen LogP contribution < -0.4 is 20.1 Å². The lowest BCUT2D eigenvalue weighted by atomic mass is 10.2. The highest BCUT2D eigenvalue weighted by molar-refractivity contribution is 5.93. The second kappa shape index (κ2) is 13.8. The molecule has 1 amide bonds. The van der Waals surface area contributed by atoms with Gasteiger partial charge >= 0.3 is 0 Å². The minimum absolute atomic E-state index is 0.123. The molecule has 5 heteroatoms. The SMILES string of the molecule is CCCCCCCOc1ccc(NCC(=O)Nc2cccc(OCc3ccccc3)c2)cc1. The zero-order chi connectivity index (χ0) is 23.1. The average molecular weight is 447 g/mol. The van der Waals surface area contributed by atoms with Crippen molar-refractivity contribution >= 4 is 17.3 Å². The van der Waals surface area contributed by atoms with Crippen molar-refractivity contribution in [1.82, 2.24) is 0 Å². The van der Waals surface area contributed by atoms with Crippen LogP contribution in [0.15, 0.2) is 78.9 Å². The molecule has 0 unspecified atom stereocenters. The number of benzene rings is 3. The number of unbranched alkanes of at least 4 members (excludes halogenated alkanes) is 4. The van der Waals surface area contributed by atoms with E-state index in [2.05, 4.69) is 17.6 Å². The first-order chi connectivity index (χ1) is 16.2. The van der Waals surface area contributed by atoms with Crippen molar-refractivity contribution in [1.29, 1.82) is 0 Å². The predicted octanol–water partition coefficient (Wildman–Crippen LogP) is 6.67. The number of anilines is 2. The number of carbonyl (C=O) groups is 1. The Morgan fingerprint density at radius 2 is 1.55 bits per heavy atom.